The van der Waals surface area contributed by atoms with Gasteiger partial charge in [0.2, 0.25) is 5.91 Å². The van der Waals surface area contributed by atoms with Gasteiger partial charge in [0, 0.05) is 18.5 Å². The molecule has 0 fully saturated rings. The highest BCUT2D eigenvalue weighted by Crippen LogP contribution is 1.88. The lowest BCUT2D eigenvalue weighted by atomic mass is 10.6. The van der Waals surface area contributed by atoms with Crippen molar-refractivity contribution < 1.29 is 13.2 Å². The van der Waals surface area contributed by atoms with Crippen LogP contribution in [-0.4, -0.2) is 33.2 Å². The smallest absolute Gasteiger partial charge is 0.235 e. The highest BCUT2D eigenvalue weighted by Gasteiger charge is 2.11. The molecule has 12 heavy (non-hydrogen) atoms. The molecule has 0 radical (unpaired) electrons. The van der Waals surface area contributed by atoms with E-state index in [0.29, 0.717) is 6.54 Å². The molecule has 0 saturated carbocycles. The molecule has 0 rings (SSSR count). The topological polar surface area (TPSA) is 89.3 Å². The van der Waals surface area contributed by atoms with E-state index in [1.54, 1.807) is 0 Å². The molecule has 0 aliphatic carbocycles. The second kappa shape index (κ2) is 4.89. The molecule has 0 aliphatic rings. The van der Waals surface area contributed by atoms with Crippen LogP contribution in [0.1, 0.15) is 0 Å². The quantitative estimate of drug-likeness (QED) is 0.562. The summed E-state index contributed by atoms with van der Waals surface area (Å²) in [5, 5.41) is 3.09. The molecule has 0 atom stereocenters. The number of carbonyl (C=O) groups is 1. The lowest BCUT2D eigenvalue weighted by Crippen LogP contribution is -2.33. The maximum Gasteiger partial charge on any atom is 0.235 e. The molecular weight excluding hydrogens is 180 g/mol. The van der Waals surface area contributed by atoms with E-state index in [1.165, 1.54) is 0 Å². The van der Waals surface area contributed by atoms with Crippen LogP contribution in [0.25, 0.3) is 0 Å². The number of hydrogen-bond acceptors (Lipinski definition) is 4. The van der Waals surface area contributed by atoms with Gasteiger partial charge in [-0.05, 0) is 0 Å². The van der Waals surface area contributed by atoms with E-state index in [2.05, 4.69) is 11.9 Å². The van der Waals surface area contributed by atoms with Gasteiger partial charge < -0.3 is 11.1 Å². The third-order valence-electron chi connectivity index (χ3n) is 1.05. The lowest BCUT2D eigenvalue weighted by Gasteiger charge is -2.00. The average molecular weight is 192 g/mol. The second-order valence-electron chi connectivity index (χ2n) is 2.11. The van der Waals surface area contributed by atoms with E-state index in [9.17, 15) is 13.2 Å². The zero-order chi connectivity index (χ0) is 9.61. The SMILES string of the molecule is C=CS(=O)(=O)CC(=O)NCCN. The van der Waals surface area contributed by atoms with Crippen LogP contribution in [0.15, 0.2) is 12.0 Å². The molecule has 0 aliphatic heterocycles. The number of hydrogen-bond donors (Lipinski definition) is 2. The Morgan fingerprint density at radius 3 is 2.58 bits per heavy atom. The summed E-state index contributed by atoms with van der Waals surface area (Å²) in [6, 6.07) is 0. The molecule has 0 spiro atoms. The summed E-state index contributed by atoms with van der Waals surface area (Å²) in [5.74, 6) is -1.11. The van der Waals surface area contributed by atoms with Crippen LogP contribution in [0.4, 0.5) is 0 Å². The molecule has 0 unspecified atom stereocenters. The Morgan fingerprint density at radius 2 is 2.17 bits per heavy atom. The van der Waals surface area contributed by atoms with Gasteiger partial charge in [0.25, 0.3) is 0 Å². The van der Waals surface area contributed by atoms with Gasteiger partial charge in [-0.3, -0.25) is 4.79 Å². The number of carbonyl (C=O) groups excluding carboxylic acids is 1. The van der Waals surface area contributed by atoms with Crippen LogP contribution in [0.2, 0.25) is 0 Å². The molecule has 6 heteroatoms. The average Bonchev–Trinajstić information content (AvgIpc) is 2.00. The fraction of sp³-hybridized carbons (Fsp3) is 0.500. The van der Waals surface area contributed by atoms with Crippen LogP contribution in [0.3, 0.4) is 0 Å². The molecule has 0 bridgehead atoms. The van der Waals surface area contributed by atoms with Gasteiger partial charge in [-0.15, -0.1) is 0 Å². The predicted molar refractivity (Wildman–Crippen MR) is 46.0 cm³/mol. The minimum atomic E-state index is -3.44. The highest BCUT2D eigenvalue weighted by molar-refractivity contribution is 7.94. The van der Waals surface area contributed by atoms with Crippen molar-refractivity contribution in [2.24, 2.45) is 5.73 Å². The minimum absolute atomic E-state index is 0.283. The van der Waals surface area contributed by atoms with Crippen molar-refractivity contribution in [2.45, 2.75) is 0 Å². The van der Waals surface area contributed by atoms with Crippen LogP contribution >= 0.6 is 0 Å². The van der Waals surface area contributed by atoms with E-state index >= 15 is 0 Å². The Morgan fingerprint density at radius 1 is 1.58 bits per heavy atom. The minimum Gasteiger partial charge on any atom is -0.354 e. The molecule has 70 valence electrons. The van der Waals surface area contributed by atoms with Crippen molar-refractivity contribution in [1.82, 2.24) is 5.32 Å². The summed E-state index contributed by atoms with van der Waals surface area (Å²) in [4.78, 5) is 10.8. The summed E-state index contributed by atoms with van der Waals surface area (Å²) in [5.41, 5.74) is 5.09. The van der Waals surface area contributed by atoms with Crippen molar-refractivity contribution in [3.05, 3.63) is 12.0 Å². The van der Waals surface area contributed by atoms with Crippen LogP contribution in [0, 0.1) is 0 Å². The van der Waals surface area contributed by atoms with E-state index < -0.39 is 21.5 Å². The van der Waals surface area contributed by atoms with E-state index in [0.717, 1.165) is 5.41 Å². The summed E-state index contributed by atoms with van der Waals surface area (Å²) >= 11 is 0. The summed E-state index contributed by atoms with van der Waals surface area (Å²) in [6.45, 7) is 3.65. The molecule has 0 heterocycles. The molecule has 3 N–H and O–H groups in total. The van der Waals surface area contributed by atoms with Crippen molar-refractivity contribution in [1.29, 1.82) is 0 Å². The number of sulfone groups is 1. The first kappa shape index (κ1) is 11.1. The lowest BCUT2D eigenvalue weighted by molar-refractivity contribution is -0.118. The number of amides is 1. The molecule has 0 aromatic carbocycles. The van der Waals surface area contributed by atoms with E-state index in [4.69, 9.17) is 5.73 Å². The summed E-state index contributed by atoms with van der Waals surface area (Å²) in [6.07, 6.45) is 0. The Bertz CT molecular complexity index is 258. The number of nitrogens with one attached hydrogen (secondary N) is 1. The largest absolute Gasteiger partial charge is 0.354 e. The van der Waals surface area contributed by atoms with Gasteiger partial charge in [0.15, 0.2) is 9.84 Å². The number of nitrogens with two attached hydrogens (primary N) is 1. The second-order valence-corrected chi connectivity index (χ2v) is 4.06. The van der Waals surface area contributed by atoms with Gasteiger partial charge >= 0.3 is 0 Å². The van der Waals surface area contributed by atoms with Crippen LogP contribution in [0.5, 0.6) is 0 Å². The molecular formula is C6H12N2O3S. The van der Waals surface area contributed by atoms with Gasteiger partial charge in [-0.2, -0.15) is 0 Å². The fourth-order valence-corrected chi connectivity index (χ4v) is 1.09. The fourth-order valence-electron chi connectivity index (χ4n) is 0.504. The Balaban J connectivity index is 3.93. The molecule has 0 saturated heterocycles. The zero-order valence-corrected chi connectivity index (χ0v) is 7.43. The van der Waals surface area contributed by atoms with Gasteiger partial charge in [-0.1, -0.05) is 6.58 Å². The molecule has 5 nitrogen and oxygen atoms in total. The van der Waals surface area contributed by atoms with Crippen LogP contribution in [-0.2, 0) is 14.6 Å². The van der Waals surface area contributed by atoms with E-state index in [-0.39, 0.29) is 6.54 Å². The summed E-state index contributed by atoms with van der Waals surface area (Å²) in [7, 11) is -3.44. The first-order chi connectivity index (χ1) is 5.52. The van der Waals surface area contributed by atoms with Crippen LogP contribution < -0.4 is 11.1 Å². The Hall–Kier alpha value is -0.880. The zero-order valence-electron chi connectivity index (χ0n) is 6.62. The van der Waals surface area contributed by atoms with Crippen molar-refractivity contribution in [3.63, 3.8) is 0 Å². The maximum absolute atomic E-state index is 10.8. The third kappa shape index (κ3) is 4.86. The monoisotopic (exact) mass is 192 g/mol. The Kier molecular flexibility index (Phi) is 4.53. The van der Waals surface area contributed by atoms with Crippen molar-refractivity contribution in [2.75, 3.05) is 18.8 Å². The van der Waals surface area contributed by atoms with Crippen molar-refractivity contribution in [3.8, 4) is 0 Å². The van der Waals surface area contributed by atoms with Crippen molar-refractivity contribution >= 4 is 15.7 Å². The normalized spacial score (nSPS) is 10.8. The first-order valence-corrected chi connectivity index (χ1v) is 5.05. The third-order valence-corrected chi connectivity index (χ3v) is 2.23. The molecule has 1 amide bonds. The summed E-state index contributed by atoms with van der Waals surface area (Å²) < 4.78 is 21.5. The standard InChI is InChI=1S/C6H12N2O3S/c1-2-12(10,11)5-6(9)8-4-3-7/h2H,1,3-5,7H2,(H,8,9). The highest BCUT2D eigenvalue weighted by atomic mass is 32.2. The van der Waals surface area contributed by atoms with Gasteiger partial charge in [0.1, 0.15) is 5.75 Å². The maximum atomic E-state index is 10.8. The van der Waals surface area contributed by atoms with E-state index in [1.807, 2.05) is 0 Å². The van der Waals surface area contributed by atoms with Gasteiger partial charge in [0.05, 0.1) is 0 Å². The molecule has 0 aromatic rings. The first-order valence-electron chi connectivity index (χ1n) is 3.34. The predicted octanol–water partition coefficient (Wildman–Crippen LogP) is -1.38. The molecule has 0 aromatic heterocycles. The van der Waals surface area contributed by atoms with Gasteiger partial charge in [-0.25, -0.2) is 8.42 Å². The number of rotatable bonds is 5. The Labute approximate surface area is 71.6 Å².